The summed E-state index contributed by atoms with van der Waals surface area (Å²) in [5.74, 6) is -1.52. The molecule has 0 spiro atoms. The van der Waals surface area contributed by atoms with Gasteiger partial charge in [-0.3, -0.25) is 4.57 Å². The minimum absolute atomic E-state index is 0.110. The lowest BCUT2D eigenvalue weighted by molar-refractivity contribution is -0.140. The zero-order valence-electron chi connectivity index (χ0n) is 11.2. The first-order valence-corrected chi connectivity index (χ1v) is 8.16. The number of carboxylic acid groups (broad SMARTS) is 1. The number of hydrogen-bond donors (Lipinski definition) is 3. The van der Waals surface area contributed by atoms with Crippen LogP contribution in [0.5, 0.6) is 0 Å². The molecule has 6 heteroatoms. The van der Waals surface area contributed by atoms with Crippen LogP contribution in [-0.2, 0) is 20.8 Å². The van der Waals surface area contributed by atoms with Crippen LogP contribution in [0.4, 0.5) is 0 Å². The van der Waals surface area contributed by atoms with Crippen molar-refractivity contribution in [2.45, 2.75) is 11.4 Å². The normalized spacial score (nSPS) is 16.7. The highest BCUT2D eigenvalue weighted by Gasteiger charge is 2.52. The van der Waals surface area contributed by atoms with Crippen LogP contribution in [0, 0.1) is 0 Å². The summed E-state index contributed by atoms with van der Waals surface area (Å²) in [5, 5.41) is 7.11. The Morgan fingerprint density at radius 3 is 2.00 bits per heavy atom. The van der Waals surface area contributed by atoms with Gasteiger partial charge in [-0.15, -0.1) is 0 Å². The molecule has 0 fully saturated rings. The zero-order chi connectivity index (χ0) is 15.5. The van der Waals surface area contributed by atoms with Crippen LogP contribution in [0.3, 0.4) is 0 Å². The van der Waals surface area contributed by atoms with Crippen molar-refractivity contribution >= 4 is 13.3 Å². The molecule has 2 aromatic rings. The molecule has 0 saturated carbocycles. The zero-order valence-corrected chi connectivity index (χ0v) is 12.1. The molecule has 0 radical (unpaired) electrons. The van der Waals surface area contributed by atoms with E-state index in [9.17, 15) is 19.4 Å². The van der Waals surface area contributed by atoms with E-state index in [0.29, 0.717) is 5.56 Å². The van der Waals surface area contributed by atoms with E-state index in [4.69, 9.17) is 5.73 Å². The lowest BCUT2D eigenvalue weighted by Gasteiger charge is -2.30. The van der Waals surface area contributed by atoms with Gasteiger partial charge in [0.2, 0.25) is 12.6 Å². The van der Waals surface area contributed by atoms with Gasteiger partial charge in [0.05, 0.1) is 6.16 Å². The molecule has 0 aliphatic carbocycles. The number of carbonyl (C=O) groups is 1. The van der Waals surface area contributed by atoms with E-state index in [1.54, 1.807) is 48.5 Å². The third-order valence-electron chi connectivity index (χ3n) is 3.33. The molecule has 0 aliphatic rings. The standard InChI is InChI=1S/C15H16NO4P/c16-15(14(17)18,13-9-5-2-6-10-13)21(19,20)11-12-7-3-1-4-8-12/h1-10H,11,16H2,(H,17,18)(H,19,20). The van der Waals surface area contributed by atoms with Crippen molar-refractivity contribution < 1.29 is 19.4 Å². The number of benzene rings is 2. The van der Waals surface area contributed by atoms with Gasteiger partial charge >= 0.3 is 5.97 Å². The van der Waals surface area contributed by atoms with Gasteiger partial charge in [-0.25, -0.2) is 4.79 Å². The Balaban J connectivity index is 2.47. The first kappa shape index (κ1) is 15.4. The van der Waals surface area contributed by atoms with Gasteiger partial charge in [-0.2, -0.15) is 0 Å². The third kappa shape index (κ3) is 2.90. The Hall–Kier alpha value is -1.94. The summed E-state index contributed by atoms with van der Waals surface area (Å²) in [4.78, 5) is 22.0. The van der Waals surface area contributed by atoms with Crippen LogP contribution in [0.2, 0.25) is 0 Å². The van der Waals surface area contributed by atoms with Crippen molar-refractivity contribution in [3.63, 3.8) is 0 Å². The van der Waals surface area contributed by atoms with Crippen molar-refractivity contribution in [2.24, 2.45) is 5.73 Å². The second kappa shape index (κ2) is 5.82. The largest absolute Gasteiger partial charge is 0.479 e. The van der Waals surface area contributed by atoms with E-state index >= 15 is 0 Å². The maximum absolute atomic E-state index is 12.7. The summed E-state index contributed by atoms with van der Waals surface area (Å²) < 4.78 is 12.7. The van der Waals surface area contributed by atoms with Crippen LogP contribution in [-0.4, -0.2) is 16.0 Å². The van der Waals surface area contributed by atoms with Crippen LogP contribution in [0.15, 0.2) is 60.7 Å². The Labute approximate surface area is 122 Å². The predicted molar refractivity (Wildman–Crippen MR) is 79.9 cm³/mol. The van der Waals surface area contributed by atoms with Gasteiger partial charge in [-0.05, 0) is 11.1 Å². The van der Waals surface area contributed by atoms with Gasteiger partial charge in [0.25, 0.3) is 0 Å². The Morgan fingerprint density at radius 1 is 1.05 bits per heavy atom. The molecule has 4 N–H and O–H groups in total. The monoisotopic (exact) mass is 305 g/mol. The third-order valence-corrected chi connectivity index (χ3v) is 5.68. The summed E-state index contributed by atoms with van der Waals surface area (Å²) in [7, 11) is -4.24. The van der Waals surface area contributed by atoms with Crippen molar-refractivity contribution in [3.8, 4) is 0 Å². The lowest BCUT2D eigenvalue weighted by Crippen LogP contribution is -2.44. The second-order valence-electron chi connectivity index (χ2n) is 4.78. The molecule has 0 aliphatic heterocycles. The molecular weight excluding hydrogens is 289 g/mol. The van der Waals surface area contributed by atoms with E-state index in [-0.39, 0.29) is 11.7 Å². The average Bonchev–Trinajstić information content (AvgIpc) is 2.47. The van der Waals surface area contributed by atoms with Gasteiger partial charge in [0, 0.05) is 0 Å². The number of aliphatic carboxylic acids is 1. The molecule has 0 bridgehead atoms. The maximum atomic E-state index is 12.7. The molecule has 0 amide bonds. The Morgan fingerprint density at radius 2 is 1.52 bits per heavy atom. The first-order valence-electron chi connectivity index (χ1n) is 6.31. The highest BCUT2D eigenvalue weighted by Crippen LogP contribution is 2.59. The summed E-state index contributed by atoms with van der Waals surface area (Å²) in [5.41, 5.74) is 6.55. The van der Waals surface area contributed by atoms with E-state index in [2.05, 4.69) is 0 Å². The highest BCUT2D eigenvalue weighted by molar-refractivity contribution is 7.59. The van der Waals surface area contributed by atoms with Crippen LogP contribution in [0.25, 0.3) is 0 Å². The first-order chi connectivity index (χ1) is 9.88. The number of nitrogens with two attached hydrogens (primary N) is 1. The highest BCUT2D eigenvalue weighted by atomic mass is 31.2. The molecule has 2 aromatic carbocycles. The summed E-state index contributed by atoms with van der Waals surface area (Å²) in [6, 6.07) is 16.3. The maximum Gasteiger partial charge on any atom is 0.338 e. The summed E-state index contributed by atoms with van der Waals surface area (Å²) >= 11 is 0. The van der Waals surface area contributed by atoms with E-state index in [1.807, 2.05) is 0 Å². The van der Waals surface area contributed by atoms with Crippen molar-refractivity contribution in [1.29, 1.82) is 0 Å². The Kier molecular flexibility index (Phi) is 4.28. The SMILES string of the molecule is NC(C(=O)O)(c1ccccc1)P(=O)(O)Cc1ccccc1. The molecule has 110 valence electrons. The second-order valence-corrected chi connectivity index (χ2v) is 7.21. The van der Waals surface area contributed by atoms with Crippen molar-refractivity contribution in [2.75, 3.05) is 0 Å². The molecule has 2 rings (SSSR count). The molecule has 2 atom stereocenters. The lowest BCUT2D eigenvalue weighted by atomic mass is 10.1. The molecule has 21 heavy (non-hydrogen) atoms. The number of hydrogen-bond acceptors (Lipinski definition) is 3. The minimum atomic E-state index is -4.24. The molecule has 2 unspecified atom stereocenters. The number of rotatable bonds is 5. The Bertz CT molecular complexity index is 675. The van der Waals surface area contributed by atoms with Gasteiger partial charge in [0.1, 0.15) is 0 Å². The van der Waals surface area contributed by atoms with Gasteiger partial charge < -0.3 is 15.7 Å². The average molecular weight is 305 g/mol. The molecule has 5 nitrogen and oxygen atoms in total. The molecule has 0 heterocycles. The van der Waals surface area contributed by atoms with E-state index in [0.717, 1.165) is 0 Å². The van der Waals surface area contributed by atoms with E-state index < -0.39 is 18.6 Å². The van der Waals surface area contributed by atoms with Crippen molar-refractivity contribution in [1.82, 2.24) is 0 Å². The summed E-state index contributed by atoms with van der Waals surface area (Å²) in [6.45, 7) is 0. The van der Waals surface area contributed by atoms with Crippen LogP contribution >= 0.6 is 7.37 Å². The number of carboxylic acids is 1. The fraction of sp³-hybridized carbons (Fsp3) is 0.133. The molecular formula is C15H16NO4P. The quantitative estimate of drug-likeness (QED) is 0.736. The van der Waals surface area contributed by atoms with Gasteiger partial charge in [0.15, 0.2) is 0 Å². The van der Waals surface area contributed by atoms with Crippen LogP contribution < -0.4 is 5.73 Å². The molecule has 0 saturated heterocycles. The van der Waals surface area contributed by atoms with Gasteiger partial charge in [-0.1, -0.05) is 60.7 Å². The smallest absolute Gasteiger partial charge is 0.338 e. The topological polar surface area (TPSA) is 101 Å². The predicted octanol–water partition coefficient (Wildman–Crippen LogP) is 2.35. The van der Waals surface area contributed by atoms with E-state index in [1.165, 1.54) is 12.1 Å². The summed E-state index contributed by atoms with van der Waals surface area (Å²) in [6.07, 6.45) is -0.300. The fourth-order valence-corrected chi connectivity index (χ4v) is 3.93. The molecule has 0 aromatic heterocycles. The minimum Gasteiger partial charge on any atom is -0.479 e. The van der Waals surface area contributed by atoms with Crippen molar-refractivity contribution in [3.05, 3.63) is 71.8 Å². The van der Waals surface area contributed by atoms with Crippen LogP contribution in [0.1, 0.15) is 11.1 Å². The fourth-order valence-electron chi connectivity index (χ4n) is 2.12.